The van der Waals surface area contributed by atoms with E-state index >= 15 is 0 Å². The summed E-state index contributed by atoms with van der Waals surface area (Å²) in [5.74, 6) is 1.19. The van der Waals surface area contributed by atoms with Crippen molar-refractivity contribution in [2.45, 2.75) is 4.90 Å². The molecular weight excluding hydrogens is 631 g/mol. The van der Waals surface area contributed by atoms with Gasteiger partial charge < -0.3 is 25.1 Å². The van der Waals surface area contributed by atoms with Crippen LogP contribution in [0.4, 0.5) is 22.7 Å². The molecule has 0 radical (unpaired) electrons. The molecule has 0 atom stereocenters. The first-order valence-corrected chi connectivity index (χ1v) is 17.0. The third-order valence-corrected chi connectivity index (χ3v) is 8.52. The minimum Gasteiger partial charge on any atom is -0.744 e. The molecule has 0 saturated heterocycles. The van der Waals surface area contributed by atoms with Crippen LogP contribution in [0.3, 0.4) is 0 Å². The van der Waals surface area contributed by atoms with Crippen molar-refractivity contribution in [3.05, 3.63) is 103 Å². The lowest BCUT2D eigenvalue weighted by Gasteiger charge is -2.16. The van der Waals surface area contributed by atoms with Gasteiger partial charge in [0.2, 0.25) is 10.0 Å². The predicted octanol–water partition coefficient (Wildman–Crippen LogP) is 6.94. The third kappa shape index (κ3) is 6.38. The van der Waals surface area contributed by atoms with Gasteiger partial charge in [0.15, 0.2) is 5.75 Å². The van der Waals surface area contributed by atoms with Gasteiger partial charge in [-0.25, -0.2) is 21.3 Å². The summed E-state index contributed by atoms with van der Waals surface area (Å²) >= 11 is 0. The van der Waals surface area contributed by atoms with E-state index in [2.05, 4.69) is 10.0 Å². The molecule has 1 aromatic heterocycles. The largest absolute Gasteiger partial charge is 0.744 e. The maximum Gasteiger partial charge on any atom is 0.363 e. The minimum absolute atomic E-state index is 0.242. The van der Waals surface area contributed by atoms with Gasteiger partial charge in [0.05, 0.1) is 52.5 Å². The molecule has 0 aliphatic carbocycles. The van der Waals surface area contributed by atoms with Crippen LogP contribution in [0.5, 0.6) is 17.2 Å². The fourth-order valence-corrected chi connectivity index (χ4v) is 6.39. The summed E-state index contributed by atoms with van der Waals surface area (Å²) in [6.07, 6.45) is 1.06. The highest BCUT2D eigenvalue weighted by Gasteiger charge is 2.24. The van der Waals surface area contributed by atoms with E-state index in [9.17, 15) is 21.4 Å². The number of nitrogen functional groups attached to an aromatic ring is 1. The fourth-order valence-electron chi connectivity index (χ4n) is 5.14. The number of fused-ring (bicyclic) bond motifs is 2. The number of anilines is 4. The number of para-hydroxylation sites is 2. The zero-order chi connectivity index (χ0) is 32.6. The average Bonchev–Trinajstić information content (AvgIpc) is 3.00. The van der Waals surface area contributed by atoms with Gasteiger partial charge in [-0.05, 0) is 54.6 Å². The molecule has 6 aromatic rings. The number of nitrogens with two attached hydrogens (primary N) is 1. The molecular formula is C33H27N3O8S2. The topological polar surface area (TPSA) is 171 Å². The number of ether oxygens (including phenoxy) is 2. The Morgan fingerprint density at radius 3 is 2.20 bits per heavy atom. The molecule has 0 unspecified atom stereocenters. The Hall–Kier alpha value is -5.37. The smallest absolute Gasteiger partial charge is 0.363 e. The van der Waals surface area contributed by atoms with Gasteiger partial charge >= 0.3 is 11.2 Å². The second-order valence-corrected chi connectivity index (χ2v) is 13.4. The zero-order valence-corrected chi connectivity index (χ0v) is 26.1. The van der Waals surface area contributed by atoms with Crippen LogP contribution in [-0.2, 0) is 20.1 Å². The van der Waals surface area contributed by atoms with Crippen LogP contribution in [0.1, 0.15) is 0 Å². The second kappa shape index (κ2) is 11.9. The number of nitrogens with one attached hydrogen (secondary N) is 2. The molecule has 0 spiro atoms. The van der Waals surface area contributed by atoms with Crippen molar-refractivity contribution < 1.29 is 35.3 Å². The Bertz CT molecular complexity index is 2360. The predicted molar refractivity (Wildman–Crippen MR) is 177 cm³/mol. The SMILES string of the molecule is COc1ccc(Oc2ccccc2NS(C)(=O)=O)cc1Nc1ccc2c(-c3ccccc3S(=O)(=O)[O-])c3ccc(N)cc3[o+]c2c1. The van der Waals surface area contributed by atoms with Crippen molar-refractivity contribution >= 4 is 64.8 Å². The van der Waals surface area contributed by atoms with Crippen LogP contribution >= 0.6 is 0 Å². The number of benzene rings is 5. The van der Waals surface area contributed by atoms with E-state index in [1.54, 1.807) is 91.0 Å². The summed E-state index contributed by atoms with van der Waals surface area (Å²) in [5.41, 5.74) is 9.42. The molecule has 0 amide bonds. The van der Waals surface area contributed by atoms with Crippen LogP contribution in [0.15, 0.2) is 112 Å². The van der Waals surface area contributed by atoms with Crippen molar-refractivity contribution in [3.63, 3.8) is 0 Å². The van der Waals surface area contributed by atoms with Gasteiger partial charge in [0, 0.05) is 28.6 Å². The van der Waals surface area contributed by atoms with Gasteiger partial charge in [-0.1, -0.05) is 30.3 Å². The zero-order valence-electron chi connectivity index (χ0n) is 24.5. The molecule has 0 fully saturated rings. The van der Waals surface area contributed by atoms with E-state index in [1.807, 2.05) is 0 Å². The summed E-state index contributed by atoms with van der Waals surface area (Å²) in [6, 6.07) is 28.0. The van der Waals surface area contributed by atoms with Crippen molar-refractivity contribution in [3.8, 4) is 28.4 Å². The monoisotopic (exact) mass is 657 g/mol. The lowest BCUT2D eigenvalue weighted by atomic mass is 9.96. The van der Waals surface area contributed by atoms with E-state index in [1.165, 1.54) is 19.2 Å². The van der Waals surface area contributed by atoms with Crippen LogP contribution < -0.4 is 25.2 Å². The lowest BCUT2D eigenvalue weighted by molar-refractivity contribution is 0.415. The van der Waals surface area contributed by atoms with Crippen LogP contribution in [0.25, 0.3) is 33.1 Å². The van der Waals surface area contributed by atoms with E-state index in [0.29, 0.717) is 61.8 Å². The molecule has 1 heterocycles. The van der Waals surface area contributed by atoms with Crippen molar-refractivity contribution in [2.24, 2.45) is 0 Å². The van der Waals surface area contributed by atoms with Gasteiger partial charge in [-0.15, -0.1) is 0 Å². The first-order chi connectivity index (χ1) is 21.9. The van der Waals surface area contributed by atoms with Crippen molar-refractivity contribution in [2.75, 3.05) is 29.1 Å². The van der Waals surface area contributed by atoms with Crippen LogP contribution in [0, 0.1) is 0 Å². The highest BCUT2D eigenvalue weighted by molar-refractivity contribution is 7.92. The molecule has 0 saturated carbocycles. The molecule has 11 nitrogen and oxygen atoms in total. The number of methoxy groups -OCH3 is 1. The number of rotatable bonds is 9. The standard InChI is InChI=1S/C33H27N3O8S2/c1-42-28-16-13-22(43-29-9-5-4-8-26(29)36-45(2,37)38)19-27(28)35-21-12-15-24-31(18-21)44-30-17-20(34)11-14-23(30)33(24)25-7-3-6-10-32(25)46(39,40)41/h3-19,35-36H,34H2,1-2H3. The molecule has 13 heteroatoms. The molecule has 46 heavy (non-hydrogen) atoms. The van der Waals surface area contributed by atoms with E-state index in [-0.39, 0.29) is 16.1 Å². The van der Waals surface area contributed by atoms with Gasteiger partial charge in [0.1, 0.15) is 21.6 Å². The Morgan fingerprint density at radius 2 is 1.46 bits per heavy atom. The molecule has 0 aliphatic rings. The van der Waals surface area contributed by atoms with E-state index < -0.39 is 20.1 Å². The molecule has 5 aromatic carbocycles. The highest BCUT2D eigenvalue weighted by atomic mass is 32.2. The second-order valence-electron chi connectivity index (χ2n) is 10.4. The number of sulfonamides is 1. The maximum absolute atomic E-state index is 12.2. The third-order valence-electron chi connectivity index (χ3n) is 7.03. The summed E-state index contributed by atoms with van der Waals surface area (Å²) < 4.78 is 80.7. The van der Waals surface area contributed by atoms with E-state index in [4.69, 9.17) is 19.6 Å². The quantitative estimate of drug-likeness (QED) is 0.0640. The summed E-state index contributed by atoms with van der Waals surface area (Å²) in [5, 5.41) is 4.45. The normalized spacial score (nSPS) is 11.8. The van der Waals surface area contributed by atoms with Gasteiger partial charge in [-0.3, -0.25) is 4.72 Å². The van der Waals surface area contributed by atoms with E-state index in [0.717, 1.165) is 6.26 Å². The summed E-state index contributed by atoms with van der Waals surface area (Å²) in [4.78, 5) is -0.349. The van der Waals surface area contributed by atoms with Gasteiger partial charge in [-0.2, -0.15) is 0 Å². The molecule has 4 N–H and O–H groups in total. The van der Waals surface area contributed by atoms with Crippen LogP contribution in [0.2, 0.25) is 0 Å². The minimum atomic E-state index is -4.80. The number of hydrogen-bond acceptors (Lipinski definition) is 9. The first-order valence-electron chi connectivity index (χ1n) is 13.7. The summed E-state index contributed by atoms with van der Waals surface area (Å²) in [6.45, 7) is 0. The Kier molecular flexibility index (Phi) is 7.90. The van der Waals surface area contributed by atoms with Crippen molar-refractivity contribution in [1.29, 1.82) is 0 Å². The first kappa shape index (κ1) is 30.6. The maximum atomic E-state index is 12.2. The molecule has 6 rings (SSSR count). The summed E-state index contributed by atoms with van der Waals surface area (Å²) in [7, 11) is -6.82. The fraction of sp³-hybridized carbons (Fsp3) is 0.0606. The van der Waals surface area contributed by atoms with Crippen LogP contribution in [-0.4, -0.2) is 34.8 Å². The molecule has 234 valence electrons. The number of hydrogen-bond donors (Lipinski definition) is 3. The van der Waals surface area contributed by atoms with Gasteiger partial charge in [0.25, 0.3) is 0 Å². The van der Waals surface area contributed by atoms with Crippen molar-refractivity contribution in [1.82, 2.24) is 0 Å². The Balaban J connectivity index is 1.44. The molecule has 0 bridgehead atoms. The Labute approximate surface area is 265 Å². The average molecular weight is 658 g/mol. The lowest BCUT2D eigenvalue weighted by Crippen LogP contribution is -2.10. The molecule has 0 aliphatic heterocycles. The Morgan fingerprint density at radius 1 is 0.761 bits per heavy atom. The highest BCUT2D eigenvalue weighted by Crippen LogP contribution is 2.42.